The van der Waals surface area contributed by atoms with Crippen LogP contribution in [0.2, 0.25) is 0 Å². The molecule has 7 nitrogen and oxygen atoms in total. The summed E-state index contributed by atoms with van der Waals surface area (Å²) in [5.74, 6) is 2.80. The lowest BCUT2D eigenvalue weighted by Crippen LogP contribution is -2.30. The highest BCUT2D eigenvalue weighted by Crippen LogP contribution is 2.26. The Kier molecular flexibility index (Phi) is 5.34. The molecule has 2 aliphatic heterocycles. The van der Waals surface area contributed by atoms with Crippen LogP contribution in [0, 0.1) is 0 Å². The first-order valence-corrected chi connectivity index (χ1v) is 11.1. The van der Waals surface area contributed by atoms with Gasteiger partial charge in [-0.05, 0) is 37.8 Å². The summed E-state index contributed by atoms with van der Waals surface area (Å²) in [5, 5.41) is 12.8. The van der Waals surface area contributed by atoms with E-state index in [0.717, 1.165) is 67.3 Å². The maximum absolute atomic E-state index is 13.1. The molecule has 0 spiro atoms. The van der Waals surface area contributed by atoms with Gasteiger partial charge in [0.1, 0.15) is 17.5 Å². The van der Waals surface area contributed by atoms with Crippen LogP contribution in [0.5, 0.6) is 0 Å². The number of rotatable bonds is 5. The summed E-state index contributed by atoms with van der Waals surface area (Å²) in [6.45, 7) is 3.44. The lowest BCUT2D eigenvalue weighted by atomic mass is 10.1. The Bertz CT molecular complexity index is 1050. The number of anilines is 1. The molecule has 0 saturated carbocycles. The first kappa shape index (κ1) is 19.0. The lowest BCUT2D eigenvalue weighted by molar-refractivity contribution is 0.0954. The van der Waals surface area contributed by atoms with Gasteiger partial charge < -0.3 is 14.8 Å². The van der Waals surface area contributed by atoms with E-state index >= 15 is 0 Å². The van der Waals surface area contributed by atoms with Crippen molar-refractivity contribution < 1.29 is 4.79 Å². The molecular weight excluding hydrogens is 376 g/mol. The molecule has 3 aromatic rings. The number of carbonyl (C=O) groups excluding carboxylic acids is 1. The summed E-state index contributed by atoms with van der Waals surface area (Å²) >= 11 is 0. The van der Waals surface area contributed by atoms with Crippen LogP contribution >= 0.6 is 0 Å². The number of pyridine rings is 1. The molecule has 1 amide bonds. The van der Waals surface area contributed by atoms with Gasteiger partial charge in [-0.3, -0.25) is 4.79 Å². The molecule has 156 valence electrons. The van der Waals surface area contributed by atoms with Gasteiger partial charge in [0, 0.05) is 44.4 Å². The van der Waals surface area contributed by atoms with Gasteiger partial charge in [0.25, 0.3) is 5.91 Å². The Morgan fingerprint density at radius 3 is 2.73 bits per heavy atom. The summed E-state index contributed by atoms with van der Waals surface area (Å²) in [6, 6.07) is 9.98. The maximum Gasteiger partial charge on any atom is 0.255 e. The molecule has 4 heterocycles. The summed E-state index contributed by atoms with van der Waals surface area (Å²) in [4.78, 5) is 20.2. The number of nitrogens with one attached hydrogen (secondary N) is 1. The molecule has 1 N–H and O–H groups in total. The number of benzene rings is 1. The van der Waals surface area contributed by atoms with E-state index < -0.39 is 0 Å². The fraction of sp³-hybridized carbons (Fsp3) is 0.478. The fourth-order valence-corrected chi connectivity index (χ4v) is 4.56. The highest BCUT2D eigenvalue weighted by Gasteiger charge is 2.22. The largest absolute Gasteiger partial charge is 0.356 e. The Labute approximate surface area is 176 Å². The molecule has 30 heavy (non-hydrogen) atoms. The number of hydrogen-bond acceptors (Lipinski definition) is 5. The minimum absolute atomic E-state index is 0.0641. The molecule has 7 heteroatoms. The zero-order valence-corrected chi connectivity index (χ0v) is 17.3. The molecule has 0 aliphatic carbocycles. The van der Waals surface area contributed by atoms with E-state index in [1.807, 2.05) is 30.3 Å². The minimum Gasteiger partial charge on any atom is -0.356 e. The van der Waals surface area contributed by atoms with Crippen LogP contribution in [0.15, 0.2) is 30.3 Å². The number of fused-ring (bicyclic) bond motifs is 2. The summed E-state index contributed by atoms with van der Waals surface area (Å²) in [6.07, 6.45) is 7.59. The third kappa shape index (κ3) is 3.76. The van der Waals surface area contributed by atoms with Gasteiger partial charge in [-0.25, -0.2) is 4.98 Å². The second-order valence-corrected chi connectivity index (χ2v) is 8.25. The number of aromatic nitrogens is 4. The number of nitrogens with zero attached hydrogens (tertiary/aromatic N) is 5. The molecule has 0 atom stereocenters. The number of para-hydroxylation sites is 1. The molecule has 1 fully saturated rings. The monoisotopic (exact) mass is 404 g/mol. The zero-order valence-electron chi connectivity index (χ0n) is 17.3. The summed E-state index contributed by atoms with van der Waals surface area (Å²) in [7, 11) is 0. The first-order chi connectivity index (χ1) is 14.8. The fourth-order valence-electron chi connectivity index (χ4n) is 4.56. The molecule has 1 saturated heterocycles. The highest BCUT2D eigenvalue weighted by molar-refractivity contribution is 6.02. The van der Waals surface area contributed by atoms with E-state index in [-0.39, 0.29) is 5.91 Å². The standard InChI is InChI=1S/C23H28N6O/c30-23(24-12-11-21-27-26-20-10-2-1-5-15-29(20)21)18-16-17-8-3-4-9-19(17)25-22(18)28-13-6-7-14-28/h3-4,8-9,16H,1-2,5-7,10-15H2,(H,24,30). The van der Waals surface area contributed by atoms with Crippen LogP contribution in [-0.2, 0) is 19.4 Å². The first-order valence-electron chi connectivity index (χ1n) is 11.1. The van der Waals surface area contributed by atoms with Crippen LogP contribution in [0.4, 0.5) is 5.82 Å². The van der Waals surface area contributed by atoms with Crippen molar-refractivity contribution in [3.63, 3.8) is 0 Å². The van der Waals surface area contributed by atoms with Crippen molar-refractivity contribution >= 4 is 22.6 Å². The number of amides is 1. The van der Waals surface area contributed by atoms with E-state index in [2.05, 4.69) is 25.0 Å². The van der Waals surface area contributed by atoms with E-state index in [9.17, 15) is 4.79 Å². The topological polar surface area (TPSA) is 75.9 Å². The van der Waals surface area contributed by atoms with E-state index in [4.69, 9.17) is 4.98 Å². The molecule has 5 rings (SSSR count). The average Bonchev–Trinajstić information content (AvgIpc) is 3.38. The van der Waals surface area contributed by atoms with Crippen LogP contribution in [0.3, 0.4) is 0 Å². The van der Waals surface area contributed by atoms with Gasteiger partial charge in [0.05, 0.1) is 11.1 Å². The maximum atomic E-state index is 13.1. The van der Waals surface area contributed by atoms with Crippen LogP contribution < -0.4 is 10.2 Å². The molecule has 0 radical (unpaired) electrons. The summed E-state index contributed by atoms with van der Waals surface area (Å²) in [5.41, 5.74) is 1.60. The van der Waals surface area contributed by atoms with Gasteiger partial charge in [0.15, 0.2) is 0 Å². The number of aryl methyl sites for hydroxylation is 1. The van der Waals surface area contributed by atoms with E-state index in [1.54, 1.807) is 0 Å². The third-order valence-corrected chi connectivity index (χ3v) is 6.17. The molecule has 0 unspecified atom stereocenters. The van der Waals surface area contributed by atoms with Gasteiger partial charge in [-0.2, -0.15) is 0 Å². The SMILES string of the molecule is O=C(NCCc1nnc2n1CCCCC2)c1cc2ccccc2nc1N1CCCC1. The molecular formula is C23H28N6O. The normalized spacial score (nSPS) is 16.5. The van der Waals surface area contributed by atoms with E-state index in [0.29, 0.717) is 18.5 Å². The van der Waals surface area contributed by atoms with Gasteiger partial charge in [-0.1, -0.05) is 24.6 Å². The van der Waals surface area contributed by atoms with Gasteiger partial charge in [0.2, 0.25) is 0 Å². The van der Waals surface area contributed by atoms with Crippen LogP contribution in [0.1, 0.15) is 54.1 Å². The molecule has 1 aromatic carbocycles. The zero-order chi connectivity index (χ0) is 20.3. The molecule has 2 aromatic heterocycles. The number of hydrogen-bond donors (Lipinski definition) is 1. The van der Waals surface area contributed by atoms with Crippen molar-refractivity contribution in [3.8, 4) is 0 Å². The Morgan fingerprint density at radius 2 is 1.83 bits per heavy atom. The van der Waals surface area contributed by atoms with Crippen LogP contribution in [0.25, 0.3) is 10.9 Å². The van der Waals surface area contributed by atoms with E-state index in [1.165, 1.54) is 19.3 Å². The Balaban J connectivity index is 1.33. The Hall–Kier alpha value is -2.96. The third-order valence-electron chi connectivity index (χ3n) is 6.17. The second-order valence-electron chi connectivity index (χ2n) is 8.25. The predicted molar refractivity (Wildman–Crippen MR) is 117 cm³/mol. The van der Waals surface area contributed by atoms with Gasteiger partial charge >= 0.3 is 0 Å². The lowest BCUT2D eigenvalue weighted by Gasteiger charge is -2.20. The minimum atomic E-state index is -0.0641. The molecule has 2 aliphatic rings. The number of carbonyl (C=O) groups is 1. The summed E-state index contributed by atoms with van der Waals surface area (Å²) < 4.78 is 2.24. The smallest absolute Gasteiger partial charge is 0.255 e. The van der Waals surface area contributed by atoms with Gasteiger partial charge in [-0.15, -0.1) is 10.2 Å². The second kappa shape index (κ2) is 8.42. The van der Waals surface area contributed by atoms with Crippen molar-refractivity contribution in [2.24, 2.45) is 0 Å². The van der Waals surface area contributed by atoms with Crippen molar-refractivity contribution in [1.29, 1.82) is 0 Å². The predicted octanol–water partition coefficient (Wildman–Crippen LogP) is 3.13. The van der Waals surface area contributed by atoms with Crippen LogP contribution in [-0.4, -0.2) is 45.3 Å². The van der Waals surface area contributed by atoms with Crippen molar-refractivity contribution in [3.05, 3.63) is 47.5 Å². The Morgan fingerprint density at radius 1 is 1.00 bits per heavy atom. The van der Waals surface area contributed by atoms with Crippen molar-refractivity contribution in [2.75, 3.05) is 24.5 Å². The highest BCUT2D eigenvalue weighted by atomic mass is 16.1. The quantitative estimate of drug-likeness (QED) is 0.707. The van der Waals surface area contributed by atoms with Crippen molar-refractivity contribution in [2.45, 2.75) is 51.5 Å². The molecule has 0 bridgehead atoms. The average molecular weight is 405 g/mol. The van der Waals surface area contributed by atoms with Crippen molar-refractivity contribution in [1.82, 2.24) is 25.1 Å².